The molecule has 0 aliphatic carbocycles. The van der Waals surface area contributed by atoms with Gasteiger partial charge in [0.15, 0.2) is 0 Å². The number of benzene rings is 2. The lowest BCUT2D eigenvalue weighted by atomic mass is 9.99. The summed E-state index contributed by atoms with van der Waals surface area (Å²) in [5, 5.41) is 17.7. The lowest BCUT2D eigenvalue weighted by molar-refractivity contribution is 0.554. The van der Waals surface area contributed by atoms with E-state index in [1.54, 1.807) is 6.20 Å². The summed E-state index contributed by atoms with van der Waals surface area (Å²) in [6.07, 6.45) is 5.73. The fourth-order valence-electron chi connectivity index (χ4n) is 3.51. The summed E-state index contributed by atoms with van der Waals surface area (Å²) in [6, 6.07) is 22.0. The van der Waals surface area contributed by atoms with Crippen molar-refractivity contribution in [1.29, 1.82) is 5.26 Å². The highest BCUT2D eigenvalue weighted by molar-refractivity contribution is 5.72. The molecule has 5 rings (SSSR count). The third-order valence-electron chi connectivity index (χ3n) is 5.10. The van der Waals surface area contributed by atoms with Crippen LogP contribution in [0.25, 0.3) is 28.2 Å². The minimum absolute atomic E-state index is 0.444. The van der Waals surface area contributed by atoms with Gasteiger partial charge >= 0.3 is 6.01 Å². The molecule has 0 spiro atoms. The van der Waals surface area contributed by atoms with Crippen LogP contribution in [0.3, 0.4) is 0 Å². The van der Waals surface area contributed by atoms with Crippen molar-refractivity contribution in [3.05, 3.63) is 90.4 Å². The van der Waals surface area contributed by atoms with Crippen molar-refractivity contribution in [3.8, 4) is 28.7 Å². The first-order valence-electron chi connectivity index (χ1n) is 9.77. The van der Waals surface area contributed by atoms with Crippen molar-refractivity contribution in [3.63, 3.8) is 0 Å². The molecule has 0 radical (unpaired) electrons. The number of nitrogens with zero attached hydrogens (tertiary/aromatic N) is 6. The molecular formula is C24H18N6O. The van der Waals surface area contributed by atoms with Crippen molar-refractivity contribution in [1.82, 2.24) is 19.6 Å². The van der Waals surface area contributed by atoms with E-state index in [0.717, 1.165) is 27.9 Å². The number of anilines is 1. The number of pyridine rings is 1. The molecule has 3 heterocycles. The summed E-state index contributed by atoms with van der Waals surface area (Å²) in [5.74, 6) is 0.451. The van der Waals surface area contributed by atoms with Crippen LogP contribution in [0.1, 0.15) is 11.1 Å². The predicted molar refractivity (Wildman–Crippen MR) is 117 cm³/mol. The van der Waals surface area contributed by atoms with E-state index in [9.17, 15) is 5.26 Å². The maximum Gasteiger partial charge on any atom is 0.318 e. The summed E-state index contributed by atoms with van der Waals surface area (Å²) < 4.78 is 7.88. The normalized spacial score (nSPS) is 10.8. The van der Waals surface area contributed by atoms with Crippen LogP contribution in [-0.4, -0.2) is 26.6 Å². The van der Waals surface area contributed by atoms with E-state index in [4.69, 9.17) is 4.42 Å². The summed E-state index contributed by atoms with van der Waals surface area (Å²) in [6.45, 7) is 0.625. The highest BCUT2D eigenvalue weighted by Gasteiger charge is 2.14. The number of hydrogen-bond acceptors (Lipinski definition) is 6. The molecule has 150 valence electrons. The average Bonchev–Trinajstić information content (AvgIpc) is 3.49. The second kappa shape index (κ2) is 7.76. The Hall–Kier alpha value is -4.44. The SMILES string of the molecule is CN(Cc1ccc2nccn2c1)c1nnc(-c2ccc(-c3ccccc3C#N)cc2)o1. The van der Waals surface area contributed by atoms with Crippen molar-refractivity contribution >= 4 is 11.7 Å². The molecule has 3 aromatic heterocycles. The molecule has 7 heteroatoms. The monoisotopic (exact) mass is 406 g/mol. The summed E-state index contributed by atoms with van der Waals surface area (Å²) in [7, 11) is 1.91. The maximum atomic E-state index is 9.32. The number of nitriles is 1. The lowest BCUT2D eigenvalue weighted by Crippen LogP contribution is -2.17. The zero-order valence-electron chi connectivity index (χ0n) is 16.8. The largest absolute Gasteiger partial charge is 0.403 e. The van der Waals surface area contributed by atoms with Gasteiger partial charge in [0.2, 0.25) is 5.89 Å². The van der Waals surface area contributed by atoms with Gasteiger partial charge in [-0.25, -0.2) is 4.98 Å². The zero-order valence-corrected chi connectivity index (χ0v) is 16.8. The molecule has 0 atom stereocenters. The van der Waals surface area contributed by atoms with Crippen LogP contribution in [-0.2, 0) is 6.54 Å². The van der Waals surface area contributed by atoms with Crippen molar-refractivity contribution in [2.75, 3.05) is 11.9 Å². The molecule has 0 unspecified atom stereocenters. The predicted octanol–water partition coefficient (Wildman–Crippen LogP) is 4.56. The van der Waals surface area contributed by atoms with Gasteiger partial charge in [-0.05, 0) is 41.0 Å². The van der Waals surface area contributed by atoms with Crippen molar-refractivity contribution in [2.45, 2.75) is 6.54 Å². The van der Waals surface area contributed by atoms with Gasteiger partial charge in [0.05, 0.1) is 11.6 Å². The standard InChI is InChI=1S/C24H18N6O/c1-29(15-17-6-11-22-26-12-13-30(22)16-17)24-28-27-23(31-24)19-9-7-18(8-10-19)21-5-3-2-4-20(21)14-25/h2-13,16H,15H2,1H3. The van der Waals surface area contributed by atoms with Gasteiger partial charge in [-0.1, -0.05) is 41.5 Å². The van der Waals surface area contributed by atoms with Gasteiger partial charge < -0.3 is 13.7 Å². The number of aromatic nitrogens is 4. The summed E-state index contributed by atoms with van der Waals surface area (Å²) >= 11 is 0. The molecule has 31 heavy (non-hydrogen) atoms. The molecule has 0 amide bonds. The van der Waals surface area contributed by atoms with E-state index in [0.29, 0.717) is 24.0 Å². The Kier molecular flexibility index (Phi) is 4.65. The molecular weight excluding hydrogens is 388 g/mol. The minimum atomic E-state index is 0.444. The van der Waals surface area contributed by atoms with Gasteiger partial charge in [-0.15, -0.1) is 5.10 Å². The Morgan fingerprint density at radius 2 is 1.81 bits per heavy atom. The van der Waals surface area contributed by atoms with E-state index in [-0.39, 0.29) is 0 Å². The molecule has 0 aliphatic heterocycles. The van der Waals surface area contributed by atoms with Gasteiger partial charge in [0.1, 0.15) is 5.65 Å². The molecule has 2 aromatic carbocycles. The smallest absolute Gasteiger partial charge is 0.318 e. The first-order valence-corrected chi connectivity index (χ1v) is 9.77. The second-order valence-electron chi connectivity index (χ2n) is 7.21. The lowest BCUT2D eigenvalue weighted by Gasteiger charge is -2.13. The quantitative estimate of drug-likeness (QED) is 0.425. The third kappa shape index (κ3) is 3.63. The Morgan fingerprint density at radius 1 is 1.00 bits per heavy atom. The number of hydrogen-bond donors (Lipinski definition) is 0. The maximum absolute atomic E-state index is 9.32. The highest BCUT2D eigenvalue weighted by atomic mass is 16.4. The van der Waals surface area contributed by atoms with Gasteiger partial charge in [0.25, 0.3) is 0 Å². The third-order valence-corrected chi connectivity index (χ3v) is 5.10. The first-order chi connectivity index (χ1) is 15.2. The zero-order chi connectivity index (χ0) is 21.2. The molecule has 0 N–H and O–H groups in total. The molecule has 0 fully saturated rings. The van der Waals surface area contributed by atoms with Crippen LogP contribution < -0.4 is 4.90 Å². The van der Waals surface area contributed by atoms with Crippen molar-refractivity contribution < 1.29 is 4.42 Å². The summed E-state index contributed by atoms with van der Waals surface area (Å²) in [5.41, 5.74) is 5.35. The Labute approximate surface area is 178 Å². The molecule has 0 aliphatic rings. The van der Waals surface area contributed by atoms with Crippen molar-refractivity contribution in [2.24, 2.45) is 0 Å². The Bertz CT molecular complexity index is 1390. The molecule has 0 saturated heterocycles. The van der Waals surface area contributed by atoms with Crippen LogP contribution in [0.4, 0.5) is 6.01 Å². The van der Waals surface area contributed by atoms with Gasteiger partial charge in [-0.2, -0.15) is 5.26 Å². The van der Waals surface area contributed by atoms with E-state index in [1.165, 1.54) is 0 Å². The molecule has 7 nitrogen and oxygen atoms in total. The van der Waals surface area contributed by atoms with Crippen LogP contribution in [0.15, 0.2) is 83.7 Å². The van der Waals surface area contributed by atoms with Gasteiger partial charge in [-0.3, -0.25) is 0 Å². The molecule has 0 saturated carbocycles. The fraction of sp³-hybridized carbons (Fsp3) is 0.0833. The fourth-order valence-corrected chi connectivity index (χ4v) is 3.51. The van der Waals surface area contributed by atoms with Crippen LogP contribution >= 0.6 is 0 Å². The highest BCUT2D eigenvalue weighted by Crippen LogP contribution is 2.27. The Morgan fingerprint density at radius 3 is 2.65 bits per heavy atom. The van der Waals surface area contributed by atoms with Crippen LogP contribution in [0.2, 0.25) is 0 Å². The molecule has 5 aromatic rings. The topological polar surface area (TPSA) is 83.3 Å². The molecule has 0 bridgehead atoms. The number of imidazole rings is 1. The number of rotatable bonds is 5. The average molecular weight is 406 g/mol. The van der Waals surface area contributed by atoms with Crippen LogP contribution in [0, 0.1) is 11.3 Å². The van der Waals surface area contributed by atoms with E-state index in [2.05, 4.69) is 21.3 Å². The van der Waals surface area contributed by atoms with Gasteiger partial charge in [0, 0.05) is 37.7 Å². The minimum Gasteiger partial charge on any atom is -0.403 e. The first kappa shape index (κ1) is 18.6. The Balaban J connectivity index is 1.34. The van der Waals surface area contributed by atoms with E-state index in [1.807, 2.05) is 89.4 Å². The van der Waals surface area contributed by atoms with E-state index < -0.39 is 0 Å². The van der Waals surface area contributed by atoms with Crippen LogP contribution in [0.5, 0.6) is 0 Å². The summed E-state index contributed by atoms with van der Waals surface area (Å²) in [4.78, 5) is 6.17. The second-order valence-corrected chi connectivity index (χ2v) is 7.21. The number of fused-ring (bicyclic) bond motifs is 1. The van der Waals surface area contributed by atoms with E-state index >= 15 is 0 Å².